The zero-order chi connectivity index (χ0) is 21.4. The highest BCUT2D eigenvalue weighted by Crippen LogP contribution is 2.40. The molecule has 0 aromatic heterocycles. The van der Waals surface area contributed by atoms with Crippen molar-refractivity contribution in [2.24, 2.45) is 0 Å². The van der Waals surface area contributed by atoms with Crippen molar-refractivity contribution in [2.75, 3.05) is 13.2 Å². The van der Waals surface area contributed by atoms with Crippen LogP contribution >= 0.6 is 0 Å². The number of aliphatic hydroxyl groups is 1. The molecule has 0 spiro atoms. The summed E-state index contributed by atoms with van der Waals surface area (Å²) in [7, 11) is 0. The van der Waals surface area contributed by atoms with E-state index in [1.54, 1.807) is 65.0 Å². The van der Waals surface area contributed by atoms with Gasteiger partial charge in [0, 0.05) is 0 Å². The third-order valence-electron chi connectivity index (χ3n) is 5.23. The summed E-state index contributed by atoms with van der Waals surface area (Å²) >= 11 is 0. The molecule has 3 rings (SSSR count). The van der Waals surface area contributed by atoms with Gasteiger partial charge in [0.2, 0.25) is 0 Å². The molecule has 1 aromatic carbocycles. The molecular formula is C22H30O7. The molecule has 2 aliphatic heterocycles. The van der Waals surface area contributed by atoms with Crippen LogP contribution in [0.25, 0.3) is 0 Å². The molecule has 0 bridgehead atoms. The summed E-state index contributed by atoms with van der Waals surface area (Å²) in [5, 5.41) is 11.8. The monoisotopic (exact) mass is 406 g/mol. The van der Waals surface area contributed by atoms with Crippen LogP contribution in [0.3, 0.4) is 0 Å². The Morgan fingerprint density at radius 1 is 1.14 bits per heavy atom. The number of ether oxygens (including phenoxy) is 5. The van der Waals surface area contributed by atoms with Gasteiger partial charge in [0.1, 0.15) is 12.2 Å². The minimum atomic E-state index is -1.74. The number of carbonyl (C=O) groups excluding carboxylic acids is 1. The Hall–Kier alpha value is -1.77. The standard InChI is InChI=1S/C22H30O7/c1-14(2)22(24,17-13-26-21(5,6)29-17)18(16-12-25-20(3,4)28-16)27-19(23)15-10-8-7-9-11-15/h7-11,16-18,24H,1,12-13H2,2-6H3/t16-,17-,18-,22+/m0/s1. The lowest BCUT2D eigenvalue weighted by Gasteiger charge is -2.41. The first kappa shape index (κ1) is 21.9. The lowest BCUT2D eigenvalue weighted by molar-refractivity contribution is -0.207. The summed E-state index contributed by atoms with van der Waals surface area (Å²) in [5.41, 5.74) is -1.00. The summed E-state index contributed by atoms with van der Waals surface area (Å²) in [5.74, 6) is -2.33. The Morgan fingerprint density at radius 3 is 2.21 bits per heavy atom. The molecule has 4 atom stereocenters. The number of hydrogen-bond donors (Lipinski definition) is 1. The van der Waals surface area contributed by atoms with Crippen LogP contribution in [0.15, 0.2) is 42.5 Å². The zero-order valence-electron chi connectivity index (χ0n) is 17.6. The van der Waals surface area contributed by atoms with Gasteiger partial charge in [-0.2, -0.15) is 0 Å². The van der Waals surface area contributed by atoms with E-state index in [0.29, 0.717) is 11.1 Å². The molecular weight excluding hydrogens is 376 g/mol. The van der Waals surface area contributed by atoms with Crippen molar-refractivity contribution in [3.8, 4) is 0 Å². The molecule has 7 nitrogen and oxygen atoms in total. The average molecular weight is 406 g/mol. The third kappa shape index (κ3) is 4.54. The highest BCUT2D eigenvalue weighted by molar-refractivity contribution is 5.89. The van der Waals surface area contributed by atoms with E-state index >= 15 is 0 Å². The van der Waals surface area contributed by atoms with E-state index < -0.39 is 41.5 Å². The first-order valence-corrected chi connectivity index (χ1v) is 9.72. The van der Waals surface area contributed by atoms with Crippen LogP contribution in [0.4, 0.5) is 0 Å². The van der Waals surface area contributed by atoms with Gasteiger partial charge in [-0.05, 0) is 52.3 Å². The maximum Gasteiger partial charge on any atom is 0.338 e. The predicted molar refractivity (Wildman–Crippen MR) is 105 cm³/mol. The molecule has 1 aromatic rings. The van der Waals surface area contributed by atoms with Gasteiger partial charge < -0.3 is 28.8 Å². The number of esters is 1. The van der Waals surface area contributed by atoms with Crippen molar-refractivity contribution in [1.82, 2.24) is 0 Å². The van der Waals surface area contributed by atoms with E-state index in [1.165, 1.54) is 0 Å². The van der Waals surface area contributed by atoms with Gasteiger partial charge in [0.25, 0.3) is 0 Å². The normalized spacial score (nSPS) is 28.5. The van der Waals surface area contributed by atoms with E-state index in [4.69, 9.17) is 23.7 Å². The van der Waals surface area contributed by atoms with Gasteiger partial charge in [-0.3, -0.25) is 0 Å². The smallest absolute Gasteiger partial charge is 0.338 e. The van der Waals surface area contributed by atoms with E-state index in [-0.39, 0.29) is 13.2 Å². The molecule has 7 heteroatoms. The Labute approximate surface area is 171 Å². The van der Waals surface area contributed by atoms with Crippen LogP contribution < -0.4 is 0 Å². The van der Waals surface area contributed by atoms with E-state index in [9.17, 15) is 9.90 Å². The van der Waals surface area contributed by atoms with Crippen molar-refractivity contribution >= 4 is 5.97 Å². The van der Waals surface area contributed by atoms with Crippen LogP contribution in [0.2, 0.25) is 0 Å². The summed E-state index contributed by atoms with van der Waals surface area (Å²) in [6.45, 7) is 12.9. The molecule has 2 heterocycles. The number of hydrogen-bond acceptors (Lipinski definition) is 7. The Balaban J connectivity index is 1.96. The molecule has 0 radical (unpaired) electrons. The second-order valence-corrected chi connectivity index (χ2v) is 8.48. The second-order valence-electron chi connectivity index (χ2n) is 8.48. The van der Waals surface area contributed by atoms with Crippen LogP contribution in [0, 0.1) is 0 Å². The van der Waals surface area contributed by atoms with Crippen LogP contribution in [-0.4, -0.2) is 59.8 Å². The summed E-state index contributed by atoms with van der Waals surface area (Å²) in [4.78, 5) is 12.9. The van der Waals surface area contributed by atoms with E-state index in [1.807, 2.05) is 0 Å². The first-order chi connectivity index (χ1) is 13.4. The topological polar surface area (TPSA) is 83.5 Å². The van der Waals surface area contributed by atoms with E-state index in [0.717, 1.165) is 0 Å². The third-order valence-corrected chi connectivity index (χ3v) is 5.23. The first-order valence-electron chi connectivity index (χ1n) is 9.72. The minimum absolute atomic E-state index is 0.118. The van der Waals surface area contributed by atoms with Crippen molar-refractivity contribution in [3.63, 3.8) is 0 Å². The molecule has 29 heavy (non-hydrogen) atoms. The van der Waals surface area contributed by atoms with Crippen molar-refractivity contribution in [3.05, 3.63) is 48.0 Å². The van der Waals surface area contributed by atoms with Gasteiger partial charge in [0.05, 0.1) is 18.8 Å². The molecule has 160 valence electrons. The fourth-order valence-corrected chi connectivity index (χ4v) is 3.68. The molecule has 0 unspecified atom stereocenters. The van der Waals surface area contributed by atoms with Crippen molar-refractivity contribution in [2.45, 2.75) is 70.1 Å². The highest BCUT2D eigenvalue weighted by Gasteiger charge is 2.57. The van der Waals surface area contributed by atoms with Gasteiger partial charge in [-0.1, -0.05) is 24.8 Å². The maximum atomic E-state index is 12.9. The molecule has 0 amide bonds. The molecule has 2 saturated heterocycles. The van der Waals surface area contributed by atoms with Crippen molar-refractivity contribution in [1.29, 1.82) is 0 Å². The highest BCUT2D eigenvalue weighted by atomic mass is 16.8. The van der Waals surface area contributed by atoms with Gasteiger partial charge in [0.15, 0.2) is 23.3 Å². The van der Waals surface area contributed by atoms with E-state index in [2.05, 4.69) is 6.58 Å². The van der Waals surface area contributed by atoms with Gasteiger partial charge in [-0.25, -0.2) is 4.79 Å². The SMILES string of the molecule is C=C(C)[C@@](O)([C@@H]1COC(C)(C)O1)[C@@H](OC(=O)c1ccccc1)[C@@H]1COC(C)(C)O1. The lowest BCUT2D eigenvalue weighted by atomic mass is 9.81. The Kier molecular flexibility index (Phi) is 5.91. The Morgan fingerprint density at radius 2 is 1.72 bits per heavy atom. The fraction of sp³-hybridized carbons (Fsp3) is 0.591. The fourth-order valence-electron chi connectivity index (χ4n) is 3.68. The molecule has 1 N–H and O–H groups in total. The zero-order valence-corrected chi connectivity index (χ0v) is 17.6. The quantitative estimate of drug-likeness (QED) is 0.574. The maximum absolute atomic E-state index is 12.9. The molecule has 0 aliphatic carbocycles. The van der Waals surface area contributed by atoms with Crippen LogP contribution in [-0.2, 0) is 23.7 Å². The number of carbonyl (C=O) groups is 1. The average Bonchev–Trinajstić information content (AvgIpc) is 3.20. The Bertz CT molecular complexity index is 758. The van der Waals surface area contributed by atoms with Gasteiger partial charge in [-0.15, -0.1) is 0 Å². The molecule has 2 fully saturated rings. The number of rotatable bonds is 6. The molecule has 2 aliphatic rings. The summed E-state index contributed by atoms with van der Waals surface area (Å²) in [6, 6.07) is 8.58. The second kappa shape index (κ2) is 7.81. The van der Waals surface area contributed by atoms with Crippen molar-refractivity contribution < 1.29 is 33.6 Å². The largest absolute Gasteiger partial charge is 0.452 e. The van der Waals surface area contributed by atoms with Gasteiger partial charge >= 0.3 is 5.97 Å². The predicted octanol–water partition coefficient (Wildman–Crippen LogP) is 2.82. The number of benzene rings is 1. The molecule has 0 saturated carbocycles. The minimum Gasteiger partial charge on any atom is -0.452 e. The van der Waals surface area contributed by atoms with Crippen LogP contribution in [0.1, 0.15) is 45.0 Å². The summed E-state index contributed by atoms with van der Waals surface area (Å²) < 4.78 is 29.1. The lowest BCUT2D eigenvalue weighted by Crippen LogP contribution is -2.60. The summed E-state index contributed by atoms with van der Waals surface area (Å²) in [6.07, 6.45) is -2.63. The van der Waals surface area contributed by atoms with Crippen LogP contribution in [0.5, 0.6) is 0 Å².